The fourth-order valence-corrected chi connectivity index (χ4v) is 2.73. The summed E-state index contributed by atoms with van der Waals surface area (Å²) in [4.78, 5) is 4.59. The molecule has 1 aromatic carbocycles. The van der Waals surface area contributed by atoms with Crippen LogP contribution < -0.4 is 4.90 Å². The van der Waals surface area contributed by atoms with E-state index < -0.39 is 0 Å². The van der Waals surface area contributed by atoms with Crippen LogP contribution in [0, 0.1) is 5.92 Å². The van der Waals surface area contributed by atoms with E-state index in [9.17, 15) is 5.11 Å². The van der Waals surface area contributed by atoms with Crippen molar-refractivity contribution in [2.24, 2.45) is 5.92 Å². The molecule has 4 heteroatoms. The summed E-state index contributed by atoms with van der Waals surface area (Å²) in [5.74, 6) is 0.585. The van der Waals surface area contributed by atoms with E-state index in [0.29, 0.717) is 5.92 Å². The van der Waals surface area contributed by atoms with Crippen LogP contribution in [0.3, 0.4) is 0 Å². The van der Waals surface area contributed by atoms with Crippen molar-refractivity contribution in [3.8, 4) is 0 Å². The van der Waals surface area contributed by atoms with Gasteiger partial charge >= 0.3 is 0 Å². The van der Waals surface area contributed by atoms with E-state index in [2.05, 4.69) is 35.9 Å². The number of benzene rings is 1. The molecular formula is C14H21ClN2O. The molecule has 1 aliphatic heterocycles. The second-order valence-electron chi connectivity index (χ2n) is 5.26. The van der Waals surface area contributed by atoms with Gasteiger partial charge in [-0.25, -0.2) is 0 Å². The molecule has 1 fully saturated rings. The van der Waals surface area contributed by atoms with Gasteiger partial charge in [-0.3, -0.25) is 4.90 Å². The number of aliphatic hydroxyl groups excluding tert-OH is 1. The summed E-state index contributed by atoms with van der Waals surface area (Å²) in [5.41, 5.74) is 1.18. The second kappa shape index (κ2) is 5.91. The van der Waals surface area contributed by atoms with Gasteiger partial charge in [0.15, 0.2) is 0 Å². The van der Waals surface area contributed by atoms with E-state index in [1.54, 1.807) is 0 Å². The lowest BCUT2D eigenvalue weighted by Gasteiger charge is -2.28. The fraction of sp³-hybridized carbons (Fsp3) is 0.571. The Balaban J connectivity index is 2.18. The van der Waals surface area contributed by atoms with E-state index in [4.69, 9.17) is 11.6 Å². The normalized spacial score (nSPS) is 26.1. The molecule has 0 spiro atoms. The van der Waals surface area contributed by atoms with Crippen molar-refractivity contribution in [1.29, 1.82) is 0 Å². The van der Waals surface area contributed by atoms with Crippen molar-refractivity contribution in [2.75, 3.05) is 38.2 Å². The zero-order valence-electron chi connectivity index (χ0n) is 11.0. The summed E-state index contributed by atoms with van der Waals surface area (Å²) < 4.78 is 0. The van der Waals surface area contributed by atoms with E-state index in [1.807, 2.05) is 12.1 Å². The highest BCUT2D eigenvalue weighted by atomic mass is 35.5. The maximum absolute atomic E-state index is 9.49. The van der Waals surface area contributed by atoms with Gasteiger partial charge in [0.05, 0.1) is 6.61 Å². The van der Waals surface area contributed by atoms with Gasteiger partial charge in [-0.2, -0.15) is 0 Å². The highest BCUT2D eigenvalue weighted by molar-refractivity contribution is 6.30. The van der Waals surface area contributed by atoms with Crippen LogP contribution in [0.2, 0.25) is 5.02 Å². The molecule has 3 nitrogen and oxygen atoms in total. The SMILES string of the molecule is CC1CN(c2ccc(Cl)cc2)CC(CO)N(C)C1. The summed E-state index contributed by atoms with van der Waals surface area (Å²) in [6, 6.07) is 8.14. The van der Waals surface area contributed by atoms with E-state index in [1.165, 1.54) is 5.69 Å². The smallest absolute Gasteiger partial charge is 0.0604 e. The molecule has 1 heterocycles. The van der Waals surface area contributed by atoms with Crippen molar-refractivity contribution in [1.82, 2.24) is 4.90 Å². The average Bonchev–Trinajstić information content (AvgIpc) is 2.48. The molecule has 1 N–H and O–H groups in total. The minimum atomic E-state index is 0.200. The first kappa shape index (κ1) is 13.7. The maximum Gasteiger partial charge on any atom is 0.0604 e. The van der Waals surface area contributed by atoms with Crippen LogP contribution in [0.4, 0.5) is 5.69 Å². The number of hydrogen-bond donors (Lipinski definition) is 1. The maximum atomic E-state index is 9.49. The topological polar surface area (TPSA) is 26.7 Å². The highest BCUT2D eigenvalue weighted by Gasteiger charge is 2.25. The van der Waals surface area contributed by atoms with Crippen molar-refractivity contribution in [3.63, 3.8) is 0 Å². The lowest BCUT2D eigenvalue weighted by Crippen LogP contribution is -2.41. The van der Waals surface area contributed by atoms with E-state index in [0.717, 1.165) is 24.7 Å². The number of nitrogens with zero attached hydrogens (tertiary/aromatic N) is 2. The largest absolute Gasteiger partial charge is 0.395 e. The molecule has 0 saturated carbocycles. The molecule has 100 valence electrons. The molecule has 0 amide bonds. The molecule has 1 aliphatic rings. The first-order chi connectivity index (χ1) is 8.60. The third kappa shape index (κ3) is 3.16. The van der Waals surface area contributed by atoms with Crippen molar-refractivity contribution >= 4 is 17.3 Å². The average molecular weight is 269 g/mol. The van der Waals surface area contributed by atoms with E-state index in [-0.39, 0.29) is 12.6 Å². The first-order valence-corrected chi connectivity index (χ1v) is 6.79. The third-order valence-corrected chi connectivity index (χ3v) is 3.84. The molecule has 2 unspecified atom stereocenters. The van der Waals surface area contributed by atoms with Gasteiger partial charge in [0, 0.05) is 36.4 Å². The Hall–Kier alpha value is -0.770. The van der Waals surface area contributed by atoms with Crippen LogP contribution in [0.5, 0.6) is 0 Å². The number of anilines is 1. The summed E-state index contributed by atoms with van der Waals surface area (Å²) in [6.07, 6.45) is 0. The van der Waals surface area contributed by atoms with Gasteiger partial charge in [0.2, 0.25) is 0 Å². The van der Waals surface area contributed by atoms with Crippen LogP contribution in [0.25, 0.3) is 0 Å². The molecule has 0 bridgehead atoms. The molecule has 1 aromatic rings. The molecule has 1 saturated heterocycles. The second-order valence-corrected chi connectivity index (χ2v) is 5.70. The van der Waals surface area contributed by atoms with Crippen molar-refractivity contribution < 1.29 is 5.11 Å². The Morgan fingerprint density at radius 2 is 1.89 bits per heavy atom. The molecule has 0 aromatic heterocycles. The molecule has 0 aliphatic carbocycles. The number of halogens is 1. The quantitative estimate of drug-likeness (QED) is 0.890. The Morgan fingerprint density at radius 1 is 1.22 bits per heavy atom. The highest BCUT2D eigenvalue weighted by Crippen LogP contribution is 2.22. The van der Waals surface area contributed by atoms with Crippen molar-refractivity contribution in [2.45, 2.75) is 13.0 Å². The predicted octanol–water partition coefficient (Wildman–Crippen LogP) is 2.09. The van der Waals surface area contributed by atoms with Crippen molar-refractivity contribution in [3.05, 3.63) is 29.3 Å². The van der Waals surface area contributed by atoms with Crippen LogP contribution in [-0.2, 0) is 0 Å². The van der Waals surface area contributed by atoms with Crippen LogP contribution in [0.1, 0.15) is 6.92 Å². The van der Waals surface area contributed by atoms with Crippen LogP contribution in [0.15, 0.2) is 24.3 Å². The van der Waals surface area contributed by atoms with Crippen LogP contribution in [-0.4, -0.2) is 49.3 Å². The molecule has 2 rings (SSSR count). The predicted molar refractivity (Wildman–Crippen MR) is 76.3 cm³/mol. The zero-order valence-corrected chi connectivity index (χ0v) is 11.8. The van der Waals surface area contributed by atoms with Gasteiger partial charge in [-0.05, 0) is 37.2 Å². The van der Waals surface area contributed by atoms with Gasteiger partial charge < -0.3 is 10.0 Å². The molecule has 2 atom stereocenters. The minimum Gasteiger partial charge on any atom is -0.395 e. The summed E-state index contributed by atoms with van der Waals surface area (Å²) >= 11 is 5.92. The summed E-state index contributed by atoms with van der Waals surface area (Å²) in [6.45, 7) is 5.35. The number of rotatable bonds is 2. The van der Waals surface area contributed by atoms with Crippen LogP contribution >= 0.6 is 11.6 Å². The number of aliphatic hydroxyl groups is 1. The van der Waals surface area contributed by atoms with Gasteiger partial charge in [0.25, 0.3) is 0 Å². The lowest BCUT2D eigenvalue weighted by atomic mass is 10.1. The Morgan fingerprint density at radius 3 is 2.50 bits per heavy atom. The van der Waals surface area contributed by atoms with Gasteiger partial charge in [-0.15, -0.1) is 0 Å². The third-order valence-electron chi connectivity index (χ3n) is 3.59. The Labute approximate surface area is 114 Å². The zero-order chi connectivity index (χ0) is 13.1. The standard InChI is InChI=1S/C14H21ClN2O/c1-11-7-16(2)14(10-18)9-17(8-11)13-5-3-12(15)4-6-13/h3-6,11,14,18H,7-10H2,1-2H3. The Bertz CT molecular complexity index is 382. The molecular weight excluding hydrogens is 248 g/mol. The minimum absolute atomic E-state index is 0.200. The number of hydrogen-bond acceptors (Lipinski definition) is 3. The first-order valence-electron chi connectivity index (χ1n) is 6.41. The van der Waals surface area contributed by atoms with Gasteiger partial charge in [-0.1, -0.05) is 18.5 Å². The molecule has 18 heavy (non-hydrogen) atoms. The molecule has 0 radical (unpaired) electrons. The Kier molecular flexibility index (Phi) is 4.49. The summed E-state index contributed by atoms with van der Waals surface area (Å²) in [5, 5.41) is 10.3. The summed E-state index contributed by atoms with van der Waals surface area (Å²) in [7, 11) is 2.09. The fourth-order valence-electron chi connectivity index (χ4n) is 2.60. The number of likely N-dealkylation sites (N-methyl/N-ethyl adjacent to an activating group) is 1. The monoisotopic (exact) mass is 268 g/mol. The van der Waals surface area contributed by atoms with Gasteiger partial charge in [0.1, 0.15) is 0 Å². The lowest BCUT2D eigenvalue weighted by molar-refractivity contribution is 0.151. The van der Waals surface area contributed by atoms with E-state index >= 15 is 0 Å².